The maximum absolute atomic E-state index is 14.7. The van der Waals surface area contributed by atoms with Gasteiger partial charge in [0.2, 0.25) is 0 Å². The van der Waals surface area contributed by atoms with Crippen molar-refractivity contribution in [2.75, 3.05) is 6.54 Å². The van der Waals surface area contributed by atoms with Crippen LogP contribution in [0.25, 0.3) is 0 Å². The first-order valence-corrected chi connectivity index (χ1v) is 9.21. The van der Waals surface area contributed by atoms with Gasteiger partial charge in [-0.3, -0.25) is 15.0 Å². The van der Waals surface area contributed by atoms with Gasteiger partial charge >= 0.3 is 0 Å². The van der Waals surface area contributed by atoms with Gasteiger partial charge in [0.25, 0.3) is 5.69 Å². The molecule has 1 atom stereocenters. The summed E-state index contributed by atoms with van der Waals surface area (Å²) >= 11 is 0. The van der Waals surface area contributed by atoms with E-state index in [9.17, 15) is 23.3 Å². The molecule has 0 radical (unpaired) electrons. The van der Waals surface area contributed by atoms with Crippen LogP contribution in [0.5, 0.6) is 0 Å². The number of nitro benzene ring substituents is 1. The van der Waals surface area contributed by atoms with E-state index < -0.39 is 28.4 Å². The van der Waals surface area contributed by atoms with Crippen LogP contribution >= 0.6 is 0 Å². The molecule has 0 aliphatic carbocycles. The standard InChI is InChI=1S/C21H18F3N3O2/c22-17-12-19(24)18(23)11-16(17)21-20-3-1-8-25(20)9-2-10-26(21)13-14-4-6-15(7-5-14)27(28)29/h1,3-8,11-12,21H,2,9-10,13H2/t21-/m1/s1. The Morgan fingerprint density at radius 2 is 1.72 bits per heavy atom. The average molecular weight is 401 g/mol. The van der Waals surface area contributed by atoms with Gasteiger partial charge in [0, 0.05) is 55.3 Å². The van der Waals surface area contributed by atoms with Gasteiger partial charge in [-0.15, -0.1) is 0 Å². The molecule has 0 amide bonds. The summed E-state index contributed by atoms with van der Waals surface area (Å²) in [4.78, 5) is 12.4. The van der Waals surface area contributed by atoms with Crippen molar-refractivity contribution in [3.8, 4) is 0 Å². The zero-order valence-corrected chi connectivity index (χ0v) is 15.4. The SMILES string of the molecule is O=[N+]([O-])c1ccc(CN2CCCn3cccc3[C@H]2c2cc(F)c(F)cc2F)cc1. The lowest BCUT2D eigenvalue weighted by Crippen LogP contribution is -2.30. The number of aromatic nitrogens is 1. The van der Waals surface area contributed by atoms with Crippen molar-refractivity contribution >= 4 is 5.69 Å². The van der Waals surface area contributed by atoms with Crippen LogP contribution < -0.4 is 0 Å². The lowest BCUT2D eigenvalue weighted by molar-refractivity contribution is -0.384. The molecule has 4 rings (SSSR count). The molecule has 2 heterocycles. The first-order chi connectivity index (χ1) is 13.9. The fraction of sp³-hybridized carbons (Fsp3) is 0.238. The molecule has 0 spiro atoms. The Morgan fingerprint density at radius 1 is 1.00 bits per heavy atom. The van der Waals surface area contributed by atoms with E-state index in [-0.39, 0.29) is 11.3 Å². The van der Waals surface area contributed by atoms with E-state index in [1.165, 1.54) is 12.1 Å². The van der Waals surface area contributed by atoms with Crippen molar-refractivity contribution in [2.45, 2.75) is 25.6 Å². The van der Waals surface area contributed by atoms with Crippen LogP contribution in [-0.2, 0) is 13.1 Å². The molecule has 0 unspecified atom stereocenters. The molecule has 5 nitrogen and oxygen atoms in total. The normalized spacial score (nSPS) is 17.0. The van der Waals surface area contributed by atoms with E-state index in [1.54, 1.807) is 12.1 Å². The van der Waals surface area contributed by atoms with Crippen LogP contribution in [0.15, 0.2) is 54.7 Å². The molecule has 0 N–H and O–H groups in total. The second-order valence-corrected chi connectivity index (χ2v) is 7.06. The Balaban J connectivity index is 1.75. The quantitative estimate of drug-likeness (QED) is 0.358. The van der Waals surface area contributed by atoms with Gasteiger partial charge in [-0.05, 0) is 30.2 Å². The summed E-state index contributed by atoms with van der Waals surface area (Å²) in [7, 11) is 0. The number of hydrogen-bond acceptors (Lipinski definition) is 3. The summed E-state index contributed by atoms with van der Waals surface area (Å²) in [5.74, 6) is -3.13. The Labute approximate surface area is 165 Å². The third-order valence-corrected chi connectivity index (χ3v) is 5.22. The highest BCUT2D eigenvalue weighted by Gasteiger charge is 2.30. The van der Waals surface area contributed by atoms with Crippen molar-refractivity contribution < 1.29 is 18.1 Å². The van der Waals surface area contributed by atoms with Gasteiger partial charge in [0.1, 0.15) is 5.82 Å². The number of non-ortho nitro benzene ring substituents is 1. The van der Waals surface area contributed by atoms with E-state index in [2.05, 4.69) is 0 Å². The number of benzene rings is 2. The summed E-state index contributed by atoms with van der Waals surface area (Å²) in [5, 5.41) is 10.9. The monoisotopic (exact) mass is 401 g/mol. The van der Waals surface area contributed by atoms with E-state index in [4.69, 9.17) is 0 Å². The van der Waals surface area contributed by atoms with Crippen LogP contribution in [0, 0.1) is 27.6 Å². The van der Waals surface area contributed by atoms with Crippen molar-refractivity contribution in [3.63, 3.8) is 0 Å². The van der Waals surface area contributed by atoms with Gasteiger partial charge in [-0.2, -0.15) is 0 Å². The van der Waals surface area contributed by atoms with Gasteiger partial charge in [0.15, 0.2) is 11.6 Å². The molecule has 1 aromatic heterocycles. The molecule has 2 aromatic carbocycles. The largest absolute Gasteiger partial charge is 0.350 e. The smallest absolute Gasteiger partial charge is 0.269 e. The van der Waals surface area contributed by atoms with Crippen LogP contribution in [0.3, 0.4) is 0 Å². The average Bonchev–Trinajstić information content (AvgIpc) is 3.08. The van der Waals surface area contributed by atoms with Crippen LogP contribution in [0.1, 0.15) is 29.3 Å². The number of aryl methyl sites for hydroxylation is 1. The lowest BCUT2D eigenvalue weighted by Gasteiger charge is -2.31. The van der Waals surface area contributed by atoms with E-state index in [1.807, 2.05) is 27.8 Å². The zero-order chi connectivity index (χ0) is 20.5. The minimum Gasteiger partial charge on any atom is -0.350 e. The van der Waals surface area contributed by atoms with Crippen molar-refractivity contribution in [1.82, 2.24) is 9.47 Å². The highest BCUT2D eigenvalue weighted by atomic mass is 19.2. The van der Waals surface area contributed by atoms with Crippen LogP contribution in [0.4, 0.5) is 18.9 Å². The summed E-state index contributed by atoms with van der Waals surface area (Å²) < 4.78 is 44.1. The molecule has 1 aliphatic heterocycles. The molecule has 0 bridgehead atoms. The Hall–Kier alpha value is -3.13. The molecule has 150 valence electrons. The fourth-order valence-electron chi connectivity index (χ4n) is 3.87. The first-order valence-electron chi connectivity index (χ1n) is 9.21. The highest BCUT2D eigenvalue weighted by Crippen LogP contribution is 2.35. The van der Waals surface area contributed by atoms with E-state index >= 15 is 0 Å². The van der Waals surface area contributed by atoms with Gasteiger partial charge in [0.05, 0.1) is 11.0 Å². The second kappa shape index (κ2) is 7.71. The molecule has 0 saturated heterocycles. The molecular formula is C21H18F3N3O2. The molecular weight excluding hydrogens is 383 g/mol. The maximum Gasteiger partial charge on any atom is 0.269 e. The minimum atomic E-state index is -1.22. The van der Waals surface area contributed by atoms with Crippen molar-refractivity contribution in [1.29, 1.82) is 0 Å². The molecule has 8 heteroatoms. The Bertz CT molecular complexity index is 1050. The zero-order valence-electron chi connectivity index (χ0n) is 15.4. The van der Waals surface area contributed by atoms with E-state index in [0.29, 0.717) is 19.2 Å². The number of fused-ring (bicyclic) bond motifs is 1. The van der Waals surface area contributed by atoms with Crippen molar-refractivity contribution in [3.05, 3.63) is 99.1 Å². The number of rotatable bonds is 4. The summed E-state index contributed by atoms with van der Waals surface area (Å²) in [6.07, 6.45) is 2.67. The van der Waals surface area contributed by atoms with Gasteiger partial charge in [-0.25, -0.2) is 13.2 Å². The topological polar surface area (TPSA) is 51.3 Å². The summed E-state index contributed by atoms with van der Waals surface area (Å²) in [6.45, 7) is 1.70. The van der Waals surface area contributed by atoms with Crippen LogP contribution in [-0.4, -0.2) is 20.9 Å². The number of nitrogens with zero attached hydrogens (tertiary/aromatic N) is 3. The minimum absolute atomic E-state index is 0.0123. The highest BCUT2D eigenvalue weighted by molar-refractivity contribution is 5.35. The fourth-order valence-corrected chi connectivity index (χ4v) is 3.87. The predicted octanol–water partition coefficient (Wildman–Crippen LogP) is 4.81. The Morgan fingerprint density at radius 3 is 2.45 bits per heavy atom. The second-order valence-electron chi connectivity index (χ2n) is 7.06. The van der Waals surface area contributed by atoms with Crippen LogP contribution in [0.2, 0.25) is 0 Å². The first kappa shape index (κ1) is 19.2. The number of nitro groups is 1. The number of hydrogen-bond donors (Lipinski definition) is 0. The predicted molar refractivity (Wildman–Crippen MR) is 101 cm³/mol. The molecule has 0 saturated carbocycles. The lowest BCUT2D eigenvalue weighted by atomic mass is 10.00. The van der Waals surface area contributed by atoms with E-state index in [0.717, 1.165) is 30.3 Å². The van der Waals surface area contributed by atoms with Crippen molar-refractivity contribution in [2.24, 2.45) is 0 Å². The Kier molecular flexibility index (Phi) is 5.10. The summed E-state index contributed by atoms with van der Waals surface area (Å²) in [5.41, 5.74) is 1.65. The molecule has 29 heavy (non-hydrogen) atoms. The summed E-state index contributed by atoms with van der Waals surface area (Å²) in [6, 6.07) is 10.7. The molecule has 1 aliphatic rings. The van der Waals surface area contributed by atoms with Gasteiger partial charge < -0.3 is 4.57 Å². The molecule has 0 fully saturated rings. The van der Waals surface area contributed by atoms with Gasteiger partial charge in [-0.1, -0.05) is 12.1 Å². The molecule has 3 aromatic rings. The third kappa shape index (κ3) is 3.75. The third-order valence-electron chi connectivity index (χ3n) is 5.22. The number of halogens is 3. The maximum atomic E-state index is 14.7.